The number of carboxylic acid groups (broad SMARTS) is 1. The number of carboxylic acids is 1. The molecule has 116 valence electrons. The summed E-state index contributed by atoms with van der Waals surface area (Å²) >= 11 is 1.40. The Morgan fingerprint density at radius 3 is 3.00 bits per heavy atom. The number of aliphatic carboxylic acids is 1. The Morgan fingerprint density at radius 2 is 2.38 bits per heavy atom. The van der Waals surface area contributed by atoms with Crippen molar-refractivity contribution in [3.8, 4) is 0 Å². The number of likely N-dealkylation sites (tertiary alicyclic amines) is 1. The lowest BCUT2D eigenvalue weighted by molar-refractivity contribution is -0.138. The zero-order chi connectivity index (χ0) is 15.4. The molecule has 0 aliphatic carbocycles. The highest BCUT2D eigenvalue weighted by Gasteiger charge is 2.29. The van der Waals surface area contributed by atoms with Crippen molar-refractivity contribution in [2.45, 2.75) is 32.7 Å². The van der Waals surface area contributed by atoms with Crippen LogP contribution in [0.2, 0.25) is 0 Å². The highest BCUT2D eigenvalue weighted by atomic mass is 32.1. The van der Waals surface area contributed by atoms with Gasteiger partial charge >= 0.3 is 5.97 Å². The second-order valence-electron chi connectivity index (χ2n) is 5.56. The van der Waals surface area contributed by atoms with Crippen molar-refractivity contribution in [1.82, 2.24) is 9.88 Å². The third kappa shape index (κ3) is 4.01. The molecule has 1 aromatic rings. The van der Waals surface area contributed by atoms with Gasteiger partial charge in [-0.2, -0.15) is 0 Å². The number of nitrogens with two attached hydrogens (primary N) is 1. The Bertz CT molecular complexity index is 517. The number of carbonyl (C=O) groups excluding carboxylic acids is 1. The van der Waals surface area contributed by atoms with Crippen molar-refractivity contribution in [3.05, 3.63) is 16.1 Å². The molecule has 6 nitrogen and oxygen atoms in total. The van der Waals surface area contributed by atoms with Gasteiger partial charge in [-0.3, -0.25) is 9.59 Å². The van der Waals surface area contributed by atoms with Gasteiger partial charge in [0.2, 0.25) is 0 Å². The minimum absolute atomic E-state index is 0.0711. The Hall–Kier alpha value is -1.47. The lowest BCUT2D eigenvalue weighted by atomic mass is 9.84. The molecule has 0 radical (unpaired) electrons. The SMILES string of the molecule is CC(CC(=O)O)C1CCCN(C(=O)c2csc(CN)n2)C1. The second-order valence-corrected chi connectivity index (χ2v) is 6.50. The Balaban J connectivity index is 1.99. The molecule has 1 aromatic heterocycles. The molecule has 1 saturated heterocycles. The summed E-state index contributed by atoms with van der Waals surface area (Å²) in [5.74, 6) is -0.532. The van der Waals surface area contributed by atoms with Gasteiger partial charge in [-0.25, -0.2) is 4.98 Å². The molecule has 0 spiro atoms. The average Bonchev–Trinajstić information content (AvgIpc) is 2.95. The van der Waals surface area contributed by atoms with Crippen LogP contribution in [0.4, 0.5) is 0 Å². The van der Waals surface area contributed by atoms with Crippen LogP contribution in [0.3, 0.4) is 0 Å². The van der Waals surface area contributed by atoms with Crippen molar-refractivity contribution >= 4 is 23.2 Å². The molecule has 21 heavy (non-hydrogen) atoms. The van der Waals surface area contributed by atoms with Crippen LogP contribution in [0.25, 0.3) is 0 Å². The van der Waals surface area contributed by atoms with Gasteiger partial charge in [0.05, 0.1) is 0 Å². The Labute approximate surface area is 128 Å². The summed E-state index contributed by atoms with van der Waals surface area (Å²) in [6.45, 7) is 3.62. The van der Waals surface area contributed by atoms with Crippen LogP contribution in [-0.2, 0) is 11.3 Å². The molecule has 3 N–H and O–H groups in total. The molecule has 2 atom stereocenters. The molecule has 0 saturated carbocycles. The van der Waals surface area contributed by atoms with Gasteiger partial charge in [0.15, 0.2) is 0 Å². The number of carbonyl (C=O) groups is 2. The van der Waals surface area contributed by atoms with Crippen LogP contribution < -0.4 is 5.73 Å². The average molecular weight is 311 g/mol. The molecular formula is C14H21N3O3S. The number of thiazole rings is 1. The van der Waals surface area contributed by atoms with Gasteiger partial charge in [0, 0.05) is 31.4 Å². The van der Waals surface area contributed by atoms with Crippen molar-refractivity contribution < 1.29 is 14.7 Å². The fourth-order valence-electron chi connectivity index (χ4n) is 2.77. The molecule has 1 aliphatic rings. The van der Waals surface area contributed by atoms with Crippen molar-refractivity contribution in [3.63, 3.8) is 0 Å². The first-order valence-corrected chi connectivity index (χ1v) is 8.04. The van der Waals surface area contributed by atoms with E-state index in [0.717, 1.165) is 17.8 Å². The van der Waals surface area contributed by atoms with Crippen LogP contribution in [-0.4, -0.2) is 40.0 Å². The van der Waals surface area contributed by atoms with Gasteiger partial charge in [-0.05, 0) is 24.7 Å². The molecule has 2 heterocycles. The number of piperidine rings is 1. The zero-order valence-electron chi connectivity index (χ0n) is 12.1. The van der Waals surface area contributed by atoms with Gasteiger partial charge in [-0.1, -0.05) is 6.92 Å². The summed E-state index contributed by atoms with van der Waals surface area (Å²) in [6, 6.07) is 0. The quantitative estimate of drug-likeness (QED) is 0.860. The summed E-state index contributed by atoms with van der Waals surface area (Å²) in [5, 5.41) is 11.4. The lowest BCUT2D eigenvalue weighted by Crippen LogP contribution is -2.42. The maximum absolute atomic E-state index is 12.4. The topological polar surface area (TPSA) is 96.5 Å². The molecule has 1 aliphatic heterocycles. The summed E-state index contributed by atoms with van der Waals surface area (Å²) in [7, 11) is 0. The van der Waals surface area contributed by atoms with Crippen LogP contribution >= 0.6 is 11.3 Å². The standard InChI is InChI=1S/C14H21N3O3S/c1-9(5-13(18)19)10-3-2-4-17(7-10)14(20)11-8-21-12(6-15)16-11/h8-10H,2-7,15H2,1H3,(H,18,19). The maximum Gasteiger partial charge on any atom is 0.303 e. The van der Waals surface area contributed by atoms with E-state index in [2.05, 4.69) is 4.98 Å². The lowest BCUT2D eigenvalue weighted by Gasteiger charge is -2.35. The van der Waals surface area contributed by atoms with Gasteiger partial charge in [0.25, 0.3) is 5.91 Å². The van der Waals surface area contributed by atoms with E-state index in [1.165, 1.54) is 11.3 Å². The van der Waals surface area contributed by atoms with Crippen LogP contribution in [0, 0.1) is 11.8 Å². The minimum atomic E-state index is -0.780. The second kappa shape index (κ2) is 7.00. The predicted molar refractivity (Wildman–Crippen MR) is 80.0 cm³/mol. The number of amides is 1. The van der Waals surface area contributed by atoms with E-state index in [9.17, 15) is 9.59 Å². The minimum Gasteiger partial charge on any atom is -0.481 e. The van der Waals surface area contributed by atoms with Crippen molar-refractivity contribution in [2.75, 3.05) is 13.1 Å². The normalized spacial score (nSPS) is 20.3. The Kier molecular flexibility index (Phi) is 5.30. The molecule has 2 rings (SSSR count). The van der Waals surface area contributed by atoms with E-state index in [1.54, 1.807) is 10.3 Å². The summed E-state index contributed by atoms with van der Waals surface area (Å²) in [4.78, 5) is 29.3. The molecule has 7 heteroatoms. The zero-order valence-corrected chi connectivity index (χ0v) is 12.9. The van der Waals surface area contributed by atoms with Crippen LogP contribution in [0.1, 0.15) is 41.7 Å². The molecule has 0 bridgehead atoms. The molecule has 2 unspecified atom stereocenters. The van der Waals surface area contributed by atoms with Gasteiger partial charge in [0.1, 0.15) is 10.7 Å². The molecular weight excluding hydrogens is 290 g/mol. The number of aromatic nitrogens is 1. The third-order valence-corrected chi connectivity index (χ3v) is 4.86. The van der Waals surface area contributed by atoms with Crippen LogP contribution in [0.15, 0.2) is 5.38 Å². The maximum atomic E-state index is 12.4. The van der Waals surface area contributed by atoms with E-state index in [-0.39, 0.29) is 24.2 Å². The van der Waals surface area contributed by atoms with E-state index < -0.39 is 5.97 Å². The van der Waals surface area contributed by atoms with E-state index in [0.29, 0.717) is 25.3 Å². The first kappa shape index (κ1) is 15.9. The Morgan fingerprint density at radius 1 is 1.62 bits per heavy atom. The van der Waals surface area contributed by atoms with E-state index in [4.69, 9.17) is 10.8 Å². The third-order valence-electron chi connectivity index (χ3n) is 3.99. The number of rotatable bonds is 5. The monoisotopic (exact) mass is 311 g/mol. The molecule has 1 amide bonds. The predicted octanol–water partition coefficient (Wildman–Crippen LogP) is 1.56. The van der Waals surface area contributed by atoms with Crippen molar-refractivity contribution in [2.24, 2.45) is 17.6 Å². The molecule has 1 fully saturated rings. The highest BCUT2D eigenvalue weighted by Crippen LogP contribution is 2.27. The summed E-state index contributed by atoms with van der Waals surface area (Å²) < 4.78 is 0. The summed E-state index contributed by atoms with van der Waals surface area (Å²) in [5.41, 5.74) is 5.97. The van der Waals surface area contributed by atoms with Crippen LogP contribution in [0.5, 0.6) is 0 Å². The fraction of sp³-hybridized carbons (Fsp3) is 0.643. The van der Waals surface area contributed by atoms with E-state index >= 15 is 0 Å². The van der Waals surface area contributed by atoms with Gasteiger partial charge < -0.3 is 15.7 Å². The fourth-order valence-corrected chi connectivity index (χ4v) is 3.41. The first-order valence-electron chi connectivity index (χ1n) is 7.16. The first-order chi connectivity index (χ1) is 10.0. The number of hydrogen-bond acceptors (Lipinski definition) is 5. The molecule has 0 aromatic carbocycles. The van der Waals surface area contributed by atoms with Crippen molar-refractivity contribution in [1.29, 1.82) is 0 Å². The number of nitrogens with zero attached hydrogens (tertiary/aromatic N) is 2. The largest absolute Gasteiger partial charge is 0.481 e. The van der Waals surface area contributed by atoms with Gasteiger partial charge in [-0.15, -0.1) is 11.3 Å². The highest BCUT2D eigenvalue weighted by molar-refractivity contribution is 7.09. The van der Waals surface area contributed by atoms with E-state index in [1.807, 2.05) is 6.92 Å². The summed E-state index contributed by atoms with van der Waals surface area (Å²) in [6.07, 6.45) is 2.04. The smallest absolute Gasteiger partial charge is 0.303 e. The number of hydrogen-bond donors (Lipinski definition) is 2.